The number of hydrogen-bond acceptors (Lipinski definition) is 4. The molecule has 2 aromatic carbocycles. The van der Waals surface area contributed by atoms with Gasteiger partial charge in [-0.1, -0.05) is 30.3 Å². The van der Waals surface area contributed by atoms with Gasteiger partial charge < -0.3 is 15.8 Å². The number of aromatic nitrogens is 1. The first-order valence-electron chi connectivity index (χ1n) is 7.47. The second kappa shape index (κ2) is 6.83. The molecule has 0 spiro atoms. The Morgan fingerprint density at radius 2 is 1.74 bits per heavy atom. The van der Waals surface area contributed by atoms with E-state index < -0.39 is 0 Å². The predicted octanol–water partition coefficient (Wildman–Crippen LogP) is 4.29. The Hall–Kier alpha value is -3.01. The van der Waals surface area contributed by atoms with Gasteiger partial charge in [0.15, 0.2) is 5.82 Å². The van der Waals surface area contributed by atoms with E-state index in [1.54, 1.807) is 6.20 Å². The van der Waals surface area contributed by atoms with Gasteiger partial charge in [-0.15, -0.1) is 0 Å². The highest BCUT2D eigenvalue weighted by Crippen LogP contribution is 2.24. The molecule has 0 unspecified atom stereocenters. The van der Waals surface area contributed by atoms with Crippen LogP contribution in [-0.2, 0) is 6.61 Å². The molecule has 0 fully saturated rings. The minimum Gasteiger partial charge on any atom is -0.489 e. The molecule has 0 aliphatic carbocycles. The molecule has 116 valence electrons. The molecule has 3 N–H and O–H groups in total. The molecule has 0 bridgehead atoms. The van der Waals surface area contributed by atoms with Crippen molar-refractivity contribution in [3.05, 3.63) is 78.0 Å². The lowest BCUT2D eigenvalue weighted by Gasteiger charge is -2.11. The van der Waals surface area contributed by atoms with E-state index in [1.165, 1.54) is 0 Å². The average Bonchev–Trinajstić information content (AvgIpc) is 2.59. The lowest BCUT2D eigenvalue weighted by Crippen LogP contribution is -2.01. The second-order valence-corrected chi connectivity index (χ2v) is 5.31. The zero-order chi connectivity index (χ0) is 16.1. The number of anilines is 3. The maximum Gasteiger partial charge on any atom is 0.153 e. The lowest BCUT2D eigenvalue weighted by atomic mass is 10.2. The van der Waals surface area contributed by atoms with Gasteiger partial charge in [0.25, 0.3) is 0 Å². The van der Waals surface area contributed by atoms with Crippen LogP contribution in [0, 0.1) is 6.92 Å². The van der Waals surface area contributed by atoms with Crippen molar-refractivity contribution in [3.8, 4) is 5.75 Å². The van der Waals surface area contributed by atoms with Gasteiger partial charge in [-0.2, -0.15) is 0 Å². The van der Waals surface area contributed by atoms with Crippen molar-refractivity contribution in [1.82, 2.24) is 4.98 Å². The van der Waals surface area contributed by atoms with Crippen LogP contribution in [-0.4, -0.2) is 4.98 Å². The number of benzene rings is 2. The summed E-state index contributed by atoms with van der Waals surface area (Å²) in [6.07, 6.45) is 1.74. The molecule has 0 aliphatic heterocycles. The van der Waals surface area contributed by atoms with Gasteiger partial charge in [0.05, 0.1) is 5.69 Å². The van der Waals surface area contributed by atoms with Crippen molar-refractivity contribution >= 4 is 17.2 Å². The fraction of sp³-hybridized carbons (Fsp3) is 0.105. The van der Waals surface area contributed by atoms with E-state index in [0.29, 0.717) is 18.1 Å². The maximum absolute atomic E-state index is 6.02. The maximum atomic E-state index is 6.02. The van der Waals surface area contributed by atoms with Crippen LogP contribution in [0.5, 0.6) is 5.75 Å². The number of ether oxygens (including phenoxy) is 1. The van der Waals surface area contributed by atoms with E-state index in [4.69, 9.17) is 10.5 Å². The molecule has 1 heterocycles. The molecule has 0 atom stereocenters. The predicted molar refractivity (Wildman–Crippen MR) is 93.9 cm³/mol. The van der Waals surface area contributed by atoms with E-state index in [9.17, 15) is 0 Å². The SMILES string of the molecule is Cc1ccnc(Nc2ccc(OCc3ccccc3)cc2)c1N. The molecular formula is C19H19N3O. The topological polar surface area (TPSA) is 60.2 Å². The second-order valence-electron chi connectivity index (χ2n) is 5.31. The number of rotatable bonds is 5. The number of pyridine rings is 1. The summed E-state index contributed by atoms with van der Waals surface area (Å²) in [5, 5.41) is 3.22. The number of aryl methyl sites for hydroxylation is 1. The van der Waals surface area contributed by atoms with Crippen LogP contribution in [0.15, 0.2) is 66.9 Å². The highest BCUT2D eigenvalue weighted by atomic mass is 16.5. The Balaban J connectivity index is 1.64. The van der Waals surface area contributed by atoms with Crippen LogP contribution in [0.1, 0.15) is 11.1 Å². The highest BCUT2D eigenvalue weighted by Gasteiger charge is 2.04. The van der Waals surface area contributed by atoms with Crippen LogP contribution in [0.4, 0.5) is 17.2 Å². The Bertz CT molecular complexity index is 770. The van der Waals surface area contributed by atoms with Crippen LogP contribution in [0.25, 0.3) is 0 Å². The van der Waals surface area contributed by atoms with Gasteiger partial charge in [-0.3, -0.25) is 0 Å². The molecule has 4 nitrogen and oxygen atoms in total. The smallest absolute Gasteiger partial charge is 0.153 e. The van der Waals surface area contributed by atoms with Gasteiger partial charge in [-0.05, 0) is 48.4 Å². The summed E-state index contributed by atoms with van der Waals surface area (Å²) in [7, 11) is 0. The van der Waals surface area contributed by atoms with Crippen LogP contribution >= 0.6 is 0 Å². The summed E-state index contributed by atoms with van der Waals surface area (Å²) >= 11 is 0. The van der Waals surface area contributed by atoms with Crippen molar-refractivity contribution in [2.45, 2.75) is 13.5 Å². The van der Waals surface area contributed by atoms with Crippen molar-refractivity contribution in [3.63, 3.8) is 0 Å². The normalized spacial score (nSPS) is 10.3. The Labute approximate surface area is 135 Å². The number of nitrogens with zero attached hydrogens (tertiary/aromatic N) is 1. The summed E-state index contributed by atoms with van der Waals surface area (Å²) in [6.45, 7) is 2.52. The first-order valence-corrected chi connectivity index (χ1v) is 7.47. The molecule has 3 aromatic rings. The quantitative estimate of drug-likeness (QED) is 0.738. The third kappa shape index (κ3) is 3.80. The minimum atomic E-state index is 0.556. The third-order valence-corrected chi connectivity index (χ3v) is 3.57. The van der Waals surface area contributed by atoms with Gasteiger partial charge >= 0.3 is 0 Å². The molecule has 23 heavy (non-hydrogen) atoms. The summed E-state index contributed by atoms with van der Waals surface area (Å²) < 4.78 is 5.77. The number of nitrogens with two attached hydrogens (primary N) is 1. The Morgan fingerprint density at radius 1 is 1.00 bits per heavy atom. The zero-order valence-corrected chi connectivity index (χ0v) is 13.0. The zero-order valence-electron chi connectivity index (χ0n) is 13.0. The lowest BCUT2D eigenvalue weighted by molar-refractivity contribution is 0.306. The molecule has 0 aliphatic rings. The van der Waals surface area contributed by atoms with Crippen molar-refractivity contribution in [2.24, 2.45) is 0 Å². The molecule has 0 radical (unpaired) electrons. The molecule has 1 aromatic heterocycles. The molecule has 0 saturated heterocycles. The molecular weight excluding hydrogens is 286 g/mol. The Morgan fingerprint density at radius 3 is 2.48 bits per heavy atom. The van der Waals surface area contributed by atoms with Crippen molar-refractivity contribution in [2.75, 3.05) is 11.1 Å². The third-order valence-electron chi connectivity index (χ3n) is 3.57. The summed E-state index contributed by atoms with van der Waals surface area (Å²) in [5.74, 6) is 1.49. The van der Waals surface area contributed by atoms with Gasteiger partial charge in [0.2, 0.25) is 0 Å². The van der Waals surface area contributed by atoms with Gasteiger partial charge in [0.1, 0.15) is 12.4 Å². The Kier molecular flexibility index (Phi) is 4.43. The van der Waals surface area contributed by atoms with Gasteiger partial charge in [0, 0.05) is 11.9 Å². The molecule has 4 heteroatoms. The van der Waals surface area contributed by atoms with E-state index in [0.717, 1.165) is 22.6 Å². The van der Waals surface area contributed by atoms with Crippen LogP contribution in [0.2, 0.25) is 0 Å². The van der Waals surface area contributed by atoms with E-state index in [2.05, 4.69) is 10.3 Å². The monoisotopic (exact) mass is 305 g/mol. The van der Waals surface area contributed by atoms with Crippen LogP contribution in [0.3, 0.4) is 0 Å². The van der Waals surface area contributed by atoms with Gasteiger partial charge in [-0.25, -0.2) is 4.98 Å². The molecule has 3 rings (SSSR count). The fourth-order valence-corrected chi connectivity index (χ4v) is 2.18. The van der Waals surface area contributed by atoms with Crippen molar-refractivity contribution < 1.29 is 4.74 Å². The summed E-state index contributed by atoms with van der Waals surface area (Å²) in [6, 6.07) is 19.7. The first-order chi connectivity index (χ1) is 11.2. The fourth-order valence-electron chi connectivity index (χ4n) is 2.18. The standard InChI is InChI=1S/C19H19N3O/c1-14-11-12-21-19(18(14)20)22-16-7-9-17(10-8-16)23-13-15-5-3-2-4-6-15/h2-12H,13,20H2,1H3,(H,21,22). The largest absolute Gasteiger partial charge is 0.489 e. The summed E-state index contributed by atoms with van der Waals surface area (Å²) in [4.78, 5) is 4.27. The molecule has 0 amide bonds. The summed E-state index contributed by atoms with van der Waals surface area (Å²) in [5.41, 5.74) is 9.75. The first kappa shape index (κ1) is 14.9. The van der Waals surface area contributed by atoms with E-state index >= 15 is 0 Å². The van der Waals surface area contributed by atoms with Crippen molar-refractivity contribution in [1.29, 1.82) is 0 Å². The highest BCUT2D eigenvalue weighted by molar-refractivity contribution is 5.71. The number of nitrogens with one attached hydrogen (secondary N) is 1. The number of nitrogen functional groups attached to an aromatic ring is 1. The number of hydrogen-bond donors (Lipinski definition) is 2. The minimum absolute atomic E-state index is 0.556. The van der Waals surface area contributed by atoms with E-state index in [-0.39, 0.29) is 0 Å². The molecule has 0 saturated carbocycles. The van der Waals surface area contributed by atoms with E-state index in [1.807, 2.05) is 67.6 Å². The average molecular weight is 305 g/mol. The van der Waals surface area contributed by atoms with Crippen LogP contribution < -0.4 is 15.8 Å².